The molecule has 0 aliphatic carbocycles. The van der Waals surface area contributed by atoms with Gasteiger partial charge in [-0.2, -0.15) is 5.10 Å². The summed E-state index contributed by atoms with van der Waals surface area (Å²) in [6.45, 7) is 1.91. The Morgan fingerprint density at radius 1 is 0.800 bits per heavy atom. The number of aryl methyl sites for hydroxylation is 1. The van der Waals surface area contributed by atoms with E-state index < -0.39 is 5.97 Å². The molecule has 1 amide bonds. The summed E-state index contributed by atoms with van der Waals surface area (Å²) in [5.41, 5.74) is 4.87. The first-order valence-electron chi connectivity index (χ1n) is 10.9. The van der Waals surface area contributed by atoms with Crippen LogP contribution in [0, 0.1) is 6.92 Å². The van der Waals surface area contributed by atoms with Crippen molar-refractivity contribution in [3.05, 3.63) is 101 Å². The van der Waals surface area contributed by atoms with Crippen molar-refractivity contribution in [2.75, 3.05) is 14.2 Å². The van der Waals surface area contributed by atoms with Gasteiger partial charge in [0.2, 0.25) is 0 Å². The van der Waals surface area contributed by atoms with Crippen molar-refractivity contribution in [2.45, 2.75) is 6.92 Å². The zero-order valence-electron chi connectivity index (χ0n) is 19.6. The van der Waals surface area contributed by atoms with Crippen LogP contribution in [0.2, 0.25) is 0 Å². The lowest BCUT2D eigenvalue weighted by molar-refractivity contribution is 0.0734. The standard InChI is InChI=1S/C28H24N2O5/c1-18-7-6-9-20(15-18)27(31)30-29-17-23-22-10-5-4-8-19(22)11-13-24(23)35-28(32)21-12-14-25(33-2)26(16-21)34-3/h4-17H,1-3H3,(H,30,31)/b29-17+. The summed E-state index contributed by atoms with van der Waals surface area (Å²) in [6, 6.07) is 23.2. The Hall–Kier alpha value is -4.65. The molecule has 0 saturated heterocycles. The average Bonchev–Trinajstić information content (AvgIpc) is 2.89. The normalized spacial score (nSPS) is 10.8. The van der Waals surface area contributed by atoms with E-state index in [-0.39, 0.29) is 5.91 Å². The molecule has 0 spiro atoms. The van der Waals surface area contributed by atoms with E-state index in [0.717, 1.165) is 16.3 Å². The van der Waals surface area contributed by atoms with Crippen molar-refractivity contribution in [3.63, 3.8) is 0 Å². The molecule has 7 nitrogen and oxygen atoms in total. The lowest BCUT2D eigenvalue weighted by Gasteiger charge is -2.12. The van der Waals surface area contributed by atoms with E-state index in [2.05, 4.69) is 10.5 Å². The Kier molecular flexibility index (Phi) is 7.07. The summed E-state index contributed by atoms with van der Waals surface area (Å²) in [6.07, 6.45) is 1.48. The molecule has 4 aromatic carbocycles. The number of carbonyl (C=O) groups excluding carboxylic acids is 2. The second kappa shape index (κ2) is 10.5. The van der Waals surface area contributed by atoms with Crippen LogP contribution in [0.4, 0.5) is 0 Å². The molecule has 0 saturated carbocycles. The van der Waals surface area contributed by atoms with E-state index in [1.807, 2.05) is 49.4 Å². The molecule has 0 radical (unpaired) electrons. The summed E-state index contributed by atoms with van der Waals surface area (Å²) in [5, 5.41) is 5.89. The number of amides is 1. The predicted octanol–water partition coefficient (Wildman–Crippen LogP) is 5.15. The molecule has 176 valence electrons. The van der Waals surface area contributed by atoms with Crippen LogP contribution in [0.3, 0.4) is 0 Å². The number of esters is 1. The van der Waals surface area contributed by atoms with Crippen LogP contribution < -0.4 is 19.6 Å². The highest BCUT2D eigenvalue weighted by Crippen LogP contribution is 2.30. The van der Waals surface area contributed by atoms with Gasteiger partial charge in [0.1, 0.15) is 5.75 Å². The number of nitrogens with one attached hydrogen (secondary N) is 1. The maximum absolute atomic E-state index is 12.9. The van der Waals surface area contributed by atoms with E-state index in [4.69, 9.17) is 14.2 Å². The van der Waals surface area contributed by atoms with Gasteiger partial charge in [-0.3, -0.25) is 4.79 Å². The van der Waals surface area contributed by atoms with Crippen LogP contribution in [0.15, 0.2) is 84.0 Å². The number of rotatable bonds is 7. The number of hydrogen-bond acceptors (Lipinski definition) is 6. The van der Waals surface area contributed by atoms with Gasteiger partial charge in [0.25, 0.3) is 5.91 Å². The van der Waals surface area contributed by atoms with Gasteiger partial charge in [0.05, 0.1) is 26.0 Å². The van der Waals surface area contributed by atoms with Crippen LogP contribution in [0.5, 0.6) is 17.2 Å². The highest BCUT2D eigenvalue weighted by atomic mass is 16.5. The maximum Gasteiger partial charge on any atom is 0.343 e. The minimum Gasteiger partial charge on any atom is -0.493 e. The van der Waals surface area contributed by atoms with Crippen LogP contribution in [-0.4, -0.2) is 32.3 Å². The zero-order chi connectivity index (χ0) is 24.8. The summed E-state index contributed by atoms with van der Waals surface area (Å²) in [4.78, 5) is 25.4. The van der Waals surface area contributed by atoms with E-state index in [9.17, 15) is 9.59 Å². The van der Waals surface area contributed by atoms with Crippen LogP contribution in [0.25, 0.3) is 10.8 Å². The van der Waals surface area contributed by atoms with E-state index >= 15 is 0 Å². The molecule has 0 atom stereocenters. The number of hydrogen-bond donors (Lipinski definition) is 1. The largest absolute Gasteiger partial charge is 0.493 e. The summed E-state index contributed by atoms with van der Waals surface area (Å²) in [7, 11) is 3.02. The van der Waals surface area contributed by atoms with Crippen molar-refractivity contribution < 1.29 is 23.8 Å². The molecule has 0 unspecified atom stereocenters. The fourth-order valence-electron chi connectivity index (χ4n) is 3.63. The summed E-state index contributed by atoms with van der Waals surface area (Å²) in [5.74, 6) is 0.318. The van der Waals surface area contributed by atoms with E-state index in [1.165, 1.54) is 20.4 Å². The molecule has 0 aliphatic rings. The highest BCUT2D eigenvalue weighted by molar-refractivity contribution is 6.04. The maximum atomic E-state index is 12.9. The van der Waals surface area contributed by atoms with Gasteiger partial charge in [-0.1, -0.05) is 48.0 Å². The molecular weight excluding hydrogens is 444 g/mol. The molecule has 1 N–H and O–H groups in total. The second-order valence-corrected chi connectivity index (χ2v) is 7.73. The third kappa shape index (κ3) is 5.30. The number of ether oxygens (including phenoxy) is 3. The summed E-state index contributed by atoms with van der Waals surface area (Å²) < 4.78 is 16.2. The topological polar surface area (TPSA) is 86.2 Å². The molecule has 7 heteroatoms. The number of nitrogens with zero attached hydrogens (tertiary/aromatic N) is 1. The minimum absolute atomic E-state index is 0.298. The van der Waals surface area contributed by atoms with Crippen LogP contribution >= 0.6 is 0 Å². The Balaban J connectivity index is 1.63. The lowest BCUT2D eigenvalue weighted by Crippen LogP contribution is -2.18. The number of fused-ring (bicyclic) bond motifs is 1. The fraction of sp³-hybridized carbons (Fsp3) is 0.107. The smallest absolute Gasteiger partial charge is 0.343 e. The van der Waals surface area contributed by atoms with E-state index in [0.29, 0.717) is 33.9 Å². The molecular formula is C28H24N2O5. The first kappa shape index (κ1) is 23.5. The highest BCUT2D eigenvalue weighted by Gasteiger charge is 2.16. The Morgan fingerprint density at radius 3 is 2.34 bits per heavy atom. The third-order valence-corrected chi connectivity index (χ3v) is 5.39. The van der Waals surface area contributed by atoms with Gasteiger partial charge in [-0.05, 0) is 54.1 Å². The molecule has 0 aliphatic heterocycles. The monoisotopic (exact) mass is 468 g/mol. The Labute approximate surface area is 202 Å². The minimum atomic E-state index is -0.570. The first-order chi connectivity index (χ1) is 17.0. The number of hydrazone groups is 1. The second-order valence-electron chi connectivity index (χ2n) is 7.73. The van der Waals surface area contributed by atoms with Gasteiger partial charge < -0.3 is 14.2 Å². The van der Waals surface area contributed by atoms with Crippen molar-refractivity contribution in [3.8, 4) is 17.2 Å². The molecule has 0 fully saturated rings. The number of carbonyl (C=O) groups is 2. The fourth-order valence-corrected chi connectivity index (χ4v) is 3.63. The van der Waals surface area contributed by atoms with Gasteiger partial charge >= 0.3 is 5.97 Å². The van der Waals surface area contributed by atoms with Gasteiger partial charge in [0, 0.05) is 11.1 Å². The molecule has 4 aromatic rings. The van der Waals surface area contributed by atoms with Crippen LogP contribution in [-0.2, 0) is 0 Å². The molecule has 0 bridgehead atoms. The van der Waals surface area contributed by atoms with Crippen molar-refractivity contribution >= 4 is 28.9 Å². The predicted molar refractivity (Wildman–Crippen MR) is 135 cm³/mol. The average molecular weight is 469 g/mol. The summed E-state index contributed by atoms with van der Waals surface area (Å²) >= 11 is 0. The van der Waals surface area contributed by atoms with Crippen LogP contribution in [0.1, 0.15) is 31.8 Å². The molecule has 4 rings (SSSR count). The number of benzene rings is 4. The van der Waals surface area contributed by atoms with Crippen molar-refractivity contribution in [1.82, 2.24) is 5.43 Å². The molecule has 0 heterocycles. The first-order valence-corrected chi connectivity index (χ1v) is 10.9. The van der Waals surface area contributed by atoms with Crippen molar-refractivity contribution in [1.29, 1.82) is 0 Å². The van der Waals surface area contributed by atoms with Crippen molar-refractivity contribution in [2.24, 2.45) is 5.10 Å². The Morgan fingerprint density at radius 2 is 1.57 bits per heavy atom. The Bertz CT molecular complexity index is 1430. The number of methoxy groups -OCH3 is 2. The molecule has 0 aromatic heterocycles. The van der Waals surface area contributed by atoms with Gasteiger partial charge in [-0.15, -0.1) is 0 Å². The SMILES string of the molecule is COc1ccc(C(=O)Oc2ccc3ccccc3c2/C=N/NC(=O)c2cccc(C)c2)cc1OC. The van der Waals surface area contributed by atoms with Gasteiger partial charge in [-0.25, -0.2) is 10.2 Å². The van der Waals surface area contributed by atoms with E-state index in [1.54, 1.807) is 36.4 Å². The quantitative estimate of drug-likeness (QED) is 0.175. The third-order valence-electron chi connectivity index (χ3n) is 5.39. The zero-order valence-corrected chi connectivity index (χ0v) is 19.6. The molecule has 35 heavy (non-hydrogen) atoms. The lowest BCUT2D eigenvalue weighted by atomic mass is 10.0. The van der Waals surface area contributed by atoms with Gasteiger partial charge in [0.15, 0.2) is 11.5 Å².